The van der Waals surface area contributed by atoms with Crippen molar-refractivity contribution in [3.8, 4) is 0 Å². The largest absolute Gasteiger partial charge is 0.356 e. The second kappa shape index (κ2) is 5.81. The molecule has 0 aromatic carbocycles. The lowest BCUT2D eigenvalue weighted by Gasteiger charge is -2.34. The van der Waals surface area contributed by atoms with Gasteiger partial charge in [-0.2, -0.15) is 0 Å². The number of amides is 1. The zero-order chi connectivity index (χ0) is 14.8. The summed E-state index contributed by atoms with van der Waals surface area (Å²) >= 11 is 0. The number of hydrogen-bond acceptors (Lipinski definition) is 3. The van der Waals surface area contributed by atoms with E-state index in [1.165, 1.54) is 5.56 Å². The Kier molecular flexibility index (Phi) is 4.31. The van der Waals surface area contributed by atoms with E-state index in [1.54, 1.807) is 0 Å². The van der Waals surface area contributed by atoms with Crippen molar-refractivity contribution in [3.63, 3.8) is 0 Å². The minimum Gasteiger partial charge on any atom is -0.356 e. The number of rotatable bonds is 2. The number of anilines is 1. The fourth-order valence-electron chi connectivity index (χ4n) is 2.30. The first-order valence-corrected chi connectivity index (χ1v) is 7.35. The lowest BCUT2D eigenvalue weighted by Crippen LogP contribution is -2.47. The highest BCUT2D eigenvalue weighted by Gasteiger charge is 2.26. The van der Waals surface area contributed by atoms with Gasteiger partial charge in [-0.3, -0.25) is 4.79 Å². The van der Waals surface area contributed by atoms with E-state index in [-0.39, 0.29) is 11.3 Å². The Morgan fingerprint density at radius 3 is 2.45 bits per heavy atom. The Morgan fingerprint density at radius 2 is 1.95 bits per heavy atom. The molecule has 1 saturated heterocycles. The number of aromatic nitrogens is 1. The molecule has 1 N–H and O–H groups in total. The van der Waals surface area contributed by atoms with Crippen molar-refractivity contribution in [1.82, 2.24) is 10.3 Å². The van der Waals surface area contributed by atoms with Crippen LogP contribution < -0.4 is 10.2 Å². The molecule has 0 unspecified atom stereocenters. The average Bonchev–Trinajstić information content (AvgIpc) is 2.39. The number of hydrogen-bond donors (Lipinski definition) is 1. The van der Waals surface area contributed by atoms with Crippen LogP contribution in [0.2, 0.25) is 0 Å². The summed E-state index contributed by atoms with van der Waals surface area (Å²) in [6, 6.07) is 4.46. The molecule has 2 heterocycles. The van der Waals surface area contributed by atoms with Crippen molar-refractivity contribution >= 4 is 11.7 Å². The van der Waals surface area contributed by atoms with Gasteiger partial charge in [0.15, 0.2) is 0 Å². The van der Waals surface area contributed by atoms with Gasteiger partial charge in [-0.15, -0.1) is 0 Å². The van der Waals surface area contributed by atoms with Crippen molar-refractivity contribution in [2.24, 2.45) is 5.41 Å². The first kappa shape index (κ1) is 14.8. The maximum Gasteiger partial charge on any atom is 0.225 e. The molecule has 4 nitrogen and oxygen atoms in total. The quantitative estimate of drug-likeness (QED) is 0.902. The Labute approximate surface area is 121 Å². The standard InChI is InChI=1S/C16H25N3O/c1-12-5-6-14(17-11-12)19-9-7-13(8-10-19)18-15(20)16(2,3)4/h5-6,11,13H,7-10H2,1-4H3,(H,18,20). The molecule has 2 rings (SSSR count). The second-order valence-corrected chi connectivity index (χ2v) is 6.68. The van der Waals surface area contributed by atoms with Crippen LogP contribution in [0.15, 0.2) is 18.3 Å². The molecular weight excluding hydrogens is 250 g/mol. The highest BCUT2D eigenvalue weighted by atomic mass is 16.2. The van der Waals surface area contributed by atoms with Crippen molar-refractivity contribution in [2.75, 3.05) is 18.0 Å². The van der Waals surface area contributed by atoms with Crippen LogP contribution in [-0.2, 0) is 4.79 Å². The molecule has 1 fully saturated rings. The van der Waals surface area contributed by atoms with Crippen LogP contribution in [0.25, 0.3) is 0 Å². The first-order chi connectivity index (χ1) is 9.36. The van der Waals surface area contributed by atoms with Gasteiger partial charge < -0.3 is 10.2 Å². The van der Waals surface area contributed by atoms with Gasteiger partial charge in [0.25, 0.3) is 0 Å². The first-order valence-electron chi connectivity index (χ1n) is 7.35. The molecule has 110 valence electrons. The molecule has 1 aliphatic heterocycles. The summed E-state index contributed by atoms with van der Waals surface area (Å²) < 4.78 is 0. The van der Waals surface area contributed by atoms with Crippen LogP contribution in [-0.4, -0.2) is 30.0 Å². The van der Waals surface area contributed by atoms with Gasteiger partial charge in [0, 0.05) is 30.7 Å². The average molecular weight is 275 g/mol. The van der Waals surface area contributed by atoms with E-state index in [1.807, 2.05) is 33.9 Å². The maximum atomic E-state index is 12.0. The number of nitrogens with one attached hydrogen (secondary N) is 1. The normalized spacial score (nSPS) is 17.1. The summed E-state index contributed by atoms with van der Waals surface area (Å²) in [6.45, 7) is 9.80. The van der Waals surface area contributed by atoms with Crippen molar-refractivity contribution < 1.29 is 4.79 Å². The van der Waals surface area contributed by atoms with Gasteiger partial charge in [-0.25, -0.2) is 4.98 Å². The van der Waals surface area contributed by atoms with Gasteiger partial charge in [0.1, 0.15) is 5.82 Å². The molecule has 0 bridgehead atoms. The van der Waals surface area contributed by atoms with Crippen molar-refractivity contribution in [2.45, 2.75) is 46.6 Å². The molecule has 0 saturated carbocycles. The van der Waals surface area contributed by atoms with Crippen LogP contribution in [0.5, 0.6) is 0 Å². The molecule has 0 aliphatic carbocycles. The van der Waals surface area contributed by atoms with E-state index in [9.17, 15) is 4.79 Å². The highest BCUT2D eigenvalue weighted by Crippen LogP contribution is 2.19. The summed E-state index contributed by atoms with van der Waals surface area (Å²) in [7, 11) is 0. The molecule has 0 radical (unpaired) electrons. The lowest BCUT2D eigenvalue weighted by molar-refractivity contribution is -0.129. The third kappa shape index (κ3) is 3.71. The zero-order valence-corrected chi connectivity index (χ0v) is 12.9. The number of carbonyl (C=O) groups excluding carboxylic acids is 1. The number of carbonyl (C=O) groups is 1. The van der Waals surface area contributed by atoms with E-state index < -0.39 is 0 Å². The summed E-state index contributed by atoms with van der Waals surface area (Å²) in [5.74, 6) is 1.18. The summed E-state index contributed by atoms with van der Waals surface area (Å²) in [4.78, 5) is 18.7. The molecule has 0 atom stereocenters. The van der Waals surface area contributed by atoms with E-state index in [4.69, 9.17) is 0 Å². The van der Waals surface area contributed by atoms with Crippen LogP contribution in [0.1, 0.15) is 39.2 Å². The molecule has 1 aromatic heterocycles. The molecular formula is C16H25N3O. The van der Waals surface area contributed by atoms with E-state index >= 15 is 0 Å². The number of aryl methyl sites for hydroxylation is 1. The summed E-state index contributed by atoms with van der Waals surface area (Å²) in [5, 5.41) is 3.15. The monoisotopic (exact) mass is 275 g/mol. The predicted molar refractivity (Wildman–Crippen MR) is 81.8 cm³/mol. The summed E-state index contributed by atoms with van der Waals surface area (Å²) in [6.07, 6.45) is 3.87. The number of pyridine rings is 1. The van der Waals surface area contributed by atoms with E-state index in [0.717, 1.165) is 31.7 Å². The molecule has 1 amide bonds. The highest BCUT2D eigenvalue weighted by molar-refractivity contribution is 5.81. The summed E-state index contributed by atoms with van der Waals surface area (Å²) in [5.41, 5.74) is 0.872. The van der Waals surface area contributed by atoms with Crippen molar-refractivity contribution in [3.05, 3.63) is 23.9 Å². The predicted octanol–water partition coefficient (Wildman–Crippen LogP) is 2.52. The topological polar surface area (TPSA) is 45.2 Å². The minimum atomic E-state index is -0.310. The SMILES string of the molecule is Cc1ccc(N2CCC(NC(=O)C(C)(C)C)CC2)nc1. The molecule has 0 spiro atoms. The Hall–Kier alpha value is -1.58. The van der Waals surface area contributed by atoms with Gasteiger partial charge in [-0.1, -0.05) is 26.8 Å². The minimum absolute atomic E-state index is 0.143. The fraction of sp³-hybridized carbons (Fsp3) is 0.625. The third-order valence-electron chi connectivity index (χ3n) is 3.73. The van der Waals surface area contributed by atoms with Crippen molar-refractivity contribution in [1.29, 1.82) is 0 Å². The van der Waals surface area contributed by atoms with Gasteiger partial charge >= 0.3 is 0 Å². The van der Waals surface area contributed by atoms with Crippen LogP contribution in [0.4, 0.5) is 5.82 Å². The van der Waals surface area contributed by atoms with Gasteiger partial charge in [0.2, 0.25) is 5.91 Å². The van der Waals surface area contributed by atoms with Crippen LogP contribution in [0.3, 0.4) is 0 Å². The smallest absolute Gasteiger partial charge is 0.225 e. The van der Waals surface area contributed by atoms with Crippen LogP contribution >= 0.6 is 0 Å². The Balaban J connectivity index is 1.86. The fourth-order valence-corrected chi connectivity index (χ4v) is 2.30. The number of piperidine rings is 1. The molecule has 1 aliphatic rings. The molecule has 20 heavy (non-hydrogen) atoms. The lowest BCUT2D eigenvalue weighted by atomic mass is 9.94. The van der Waals surface area contributed by atoms with Gasteiger partial charge in [-0.05, 0) is 31.4 Å². The molecule has 1 aromatic rings. The van der Waals surface area contributed by atoms with Gasteiger partial charge in [0.05, 0.1) is 0 Å². The molecule has 4 heteroatoms. The number of nitrogens with zero attached hydrogens (tertiary/aromatic N) is 2. The maximum absolute atomic E-state index is 12.0. The Bertz CT molecular complexity index is 454. The van der Waals surface area contributed by atoms with E-state index in [0.29, 0.717) is 6.04 Å². The zero-order valence-electron chi connectivity index (χ0n) is 12.9. The second-order valence-electron chi connectivity index (χ2n) is 6.68. The third-order valence-corrected chi connectivity index (χ3v) is 3.73. The van der Waals surface area contributed by atoms with Crippen LogP contribution in [0, 0.1) is 12.3 Å². The Morgan fingerprint density at radius 1 is 1.30 bits per heavy atom. The van der Waals surface area contributed by atoms with E-state index in [2.05, 4.69) is 27.3 Å².